The van der Waals surface area contributed by atoms with Gasteiger partial charge in [0.15, 0.2) is 0 Å². The summed E-state index contributed by atoms with van der Waals surface area (Å²) in [5.74, 6) is -0.328. The molecule has 0 saturated heterocycles. The minimum absolute atomic E-state index is 0.302. The number of carbonyl (C=O) groups excluding carboxylic acids is 1. The fourth-order valence-electron chi connectivity index (χ4n) is 1.40. The highest BCUT2D eigenvalue weighted by molar-refractivity contribution is 5.89. The lowest BCUT2D eigenvalue weighted by Crippen LogP contribution is -2.25. The van der Waals surface area contributed by atoms with E-state index in [4.69, 9.17) is 0 Å². The Morgan fingerprint density at radius 2 is 2.06 bits per heavy atom. The monoisotopic (exact) mass is 237 g/mol. The van der Waals surface area contributed by atoms with Crippen molar-refractivity contribution in [2.24, 2.45) is 0 Å². The second-order valence-corrected chi connectivity index (χ2v) is 3.88. The summed E-state index contributed by atoms with van der Waals surface area (Å²) < 4.78 is 4.62. The van der Waals surface area contributed by atoms with Gasteiger partial charge in [0.1, 0.15) is 0 Å². The number of hydrogen-bond acceptors (Lipinski definition) is 4. The van der Waals surface area contributed by atoms with Crippen LogP contribution in [0.1, 0.15) is 29.3 Å². The van der Waals surface area contributed by atoms with Gasteiger partial charge in [-0.2, -0.15) is 0 Å². The van der Waals surface area contributed by atoms with E-state index in [9.17, 15) is 9.90 Å². The van der Waals surface area contributed by atoms with Gasteiger partial charge in [-0.25, -0.2) is 4.79 Å². The zero-order chi connectivity index (χ0) is 12.7. The zero-order valence-corrected chi connectivity index (χ0v) is 10.3. The third kappa shape index (κ3) is 4.54. The van der Waals surface area contributed by atoms with Crippen LogP contribution in [0.5, 0.6) is 0 Å². The summed E-state index contributed by atoms with van der Waals surface area (Å²) in [4.78, 5) is 11.2. The molecular formula is C13H19NO3. The Bertz CT molecular complexity index is 348. The predicted molar refractivity (Wildman–Crippen MR) is 65.8 cm³/mol. The van der Waals surface area contributed by atoms with Crippen LogP contribution in [0.3, 0.4) is 0 Å². The van der Waals surface area contributed by atoms with Gasteiger partial charge in [0.25, 0.3) is 0 Å². The van der Waals surface area contributed by atoms with Gasteiger partial charge < -0.3 is 15.2 Å². The third-order valence-corrected chi connectivity index (χ3v) is 2.56. The molecule has 0 aliphatic rings. The fourth-order valence-corrected chi connectivity index (χ4v) is 1.40. The lowest BCUT2D eigenvalue weighted by atomic mass is 10.1. The molecule has 0 aromatic heterocycles. The van der Waals surface area contributed by atoms with E-state index in [1.807, 2.05) is 19.1 Å². The summed E-state index contributed by atoms with van der Waals surface area (Å²) >= 11 is 0. The average molecular weight is 237 g/mol. The number of hydrogen-bond donors (Lipinski definition) is 2. The first-order valence-electron chi connectivity index (χ1n) is 5.73. The van der Waals surface area contributed by atoms with E-state index in [1.54, 1.807) is 12.1 Å². The molecule has 0 heterocycles. The summed E-state index contributed by atoms with van der Waals surface area (Å²) in [6.45, 7) is 3.20. The van der Waals surface area contributed by atoms with Crippen molar-refractivity contribution >= 4 is 5.97 Å². The van der Waals surface area contributed by atoms with E-state index >= 15 is 0 Å². The number of methoxy groups -OCH3 is 1. The minimum Gasteiger partial charge on any atom is -0.465 e. The van der Waals surface area contributed by atoms with Gasteiger partial charge in [-0.05, 0) is 24.1 Å². The van der Waals surface area contributed by atoms with Crippen molar-refractivity contribution < 1.29 is 14.6 Å². The molecule has 1 aromatic rings. The van der Waals surface area contributed by atoms with Crippen LogP contribution in [0.25, 0.3) is 0 Å². The number of benzene rings is 1. The first-order valence-corrected chi connectivity index (χ1v) is 5.73. The first kappa shape index (κ1) is 13.7. The van der Waals surface area contributed by atoms with Crippen LogP contribution in [-0.4, -0.2) is 30.8 Å². The summed E-state index contributed by atoms with van der Waals surface area (Å²) in [5.41, 5.74) is 1.62. The van der Waals surface area contributed by atoms with Crippen molar-refractivity contribution in [2.45, 2.75) is 26.0 Å². The third-order valence-electron chi connectivity index (χ3n) is 2.56. The molecule has 0 aliphatic heterocycles. The van der Waals surface area contributed by atoms with E-state index in [2.05, 4.69) is 10.1 Å². The van der Waals surface area contributed by atoms with Gasteiger partial charge in [-0.3, -0.25) is 0 Å². The molecule has 0 amide bonds. The van der Waals surface area contributed by atoms with E-state index in [1.165, 1.54) is 7.11 Å². The molecule has 0 fully saturated rings. The van der Waals surface area contributed by atoms with Crippen LogP contribution in [0.2, 0.25) is 0 Å². The molecule has 0 saturated carbocycles. The smallest absolute Gasteiger partial charge is 0.337 e. The second kappa shape index (κ2) is 7.04. The lowest BCUT2D eigenvalue weighted by Gasteiger charge is -2.09. The van der Waals surface area contributed by atoms with Gasteiger partial charge in [0.2, 0.25) is 0 Å². The summed E-state index contributed by atoms with van der Waals surface area (Å²) in [5, 5.41) is 12.5. The number of rotatable bonds is 6. The molecule has 0 aliphatic carbocycles. The maximum absolute atomic E-state index is 11.2. The number of aliphatic hydroxyl groups is 1. The first-order chi connectivity index (χ1) is 8.17. The number of nitrogens with one attached hydrogen (secondary N) is 1. The van der Waals surface area contributed by atoms with E-state index < -0.39 is 0 Å². The molecule has 1 aromatic carbocycles. The molecule has 0 bridgehead atoms. The fraction of sp³-hybridized carbons (Fsp3) is 0.462. The van der Waals surface area contributed by atoms with E-state index in [0.29, 0.717) is 18.7 Å². The van der Waals surface area contributed by atoms with Crippen molar-refractivity contribution in [1.82, 2.24) is 5.32 Å². The molecule has 94 valence electrons. The molecule has 1 rings (SSSR count). The average Bonchev–Trinajstić information content (AvgIpc) is 2.38. The van der Waals surface area contributed by atoms with Crippen molar-refractivity contribution in [1.29, 1.82) is 0 Å². The Balaban J connectivity index is 2.43. The molecule has 4 heteroatoms. The Morgan fingerprint density at radius 1 is 1.41 bits per heavy atom. The van der Waals surface area contributed by atoms with Crippen molar-refractivity contribution in [3.8, 4) is 0 Å². The van der Waals surface area contributed by atoms with Crippen molar-refractivity contribution in [3.05, 3.63) is 35.4 Å². The summed E-state index contributed by atoms with van der Waals surface area (Å²) in [6, 6.07) is 7.22. The maximum Gasteiger partial charge on any atom is 0.337 e. The van der Waals surface area contributed by atoms with Crippen LogP contribution >= 0.6 is 0 Å². The summed E-state index contributed by atoms with van der Waals surface area (Å²) in [7, 11) is 1.37. The van der Waals surface area contributed by atoms with Gasteiger partial charge >= 0.3 is 5.97 Å². The standard InChI is InChI=1S/C13H19NO3/c1-3-12(15)9-14-8-10-4-6-11(7-5-10)13(16)17-2/h4-7,12,14-15H,3,8-9H2,1-2H3. The van der Waals surface area contributed by atoms with E-state index in [0.717, 1.165) is 12.0 Å². The van der Waals surface area contributed by atoms with Crippen LogP contribution in [0.15, 0.2) is 24.3 Å². The predicted octanol–water partition coefficient (Wildman–Crippen LogP) is 1.33. The topological polar surface area (TPSA) is 58.6 Å². The number of aliphatic hydroxyl groups excluding tert-OH is 1. The highest BCUT2D eigenvalue weighted by atomic mass is 16.5. The minimum atomic E-state index is -0.328. The SMILES string of the molecule is CCC(O)CNCc1ccc(C(=O)OC)cc1. The quantitative estimate of drug-likeness (QED) is 0.733. The Morgan fingerprint density at radius 3 is 2.59 bits per heavy atom. The molecule has 0 spiro atoms. The largest absolute Gasteiger partial charge is 0.465 e. The Hall–Kier alpha value is -1.39. The number of carbonyl (C=O) groups is 1. The molecule has 4 nitrogen and oxygen atoms in total. The van der Waals surface area contributed by atoms with Crippen LogP contribution in [0.4, 0.5) is 0 Å². The Kier molecular flexibility index (Phi) is 5.66. The Labute approximate surface area is 102 Å². The molecule has 1 atom stereocenters. The zero-order valence-electron chi connectivity index (χ0n) is 10.3. The molecule has 0 radical (unpaired) electrons. The summed E-state index contributed by atoms with van der Waals surface area (Å²) in [6.07, 6.45) is 0.443. The second-order valence-electron chi connectivity index (χ2n) is 3.88. The van der Waals surface area contributed by atoms with Gasteiger partial charge in [-0.1, -0.05) is 19.1 Å². The van der Waals surface area contributed by atoms with Crippen LogP contribution in [0, 0.1) is 0 Å². The van der Waals surface area contributed by atoms with Gasteiger partial charge in [-0.15, -0.1) is 0 Å². The maximum atomic E-state index is 11.2. The molecule has 17 heavy (non-hydrogen) atoms. The number of ether oxygens (including phenoxy) is 1. The normalized spacial score (nSPS) is 12.2. The number of esters is 1. The van der Waals surface area contributed by atoms with Crippen molar-refractivity contribution in [3.63, 3.8) is 0 Å². The van der Waals surface area contributed by atoms with Crippen LogP contribution in [-0.2, 0) is 11.3 Å². The van der Waals surface area contributed by atoms with Crippen LogP contribution < -0.4 is 5.32 Å². The van der Waals surface area contributed by atoms with Gasteiger partial charge in [0, 0.05) is 13.1 Å². The molecule has 1 unspecified atom stereocenters. The molecular weight excluding hydrogens is 218 g/mol. The van der Waals surface area contributed by atoms with Gasteiger partial charge in [0.05, 0.1) is 18.8 Å². The highest BCUT2D eigenvalue weighted by Crippen LogP contribution is 2.05. The molecule has 2 N–H and O–H groups in total. The lowest BCUT2D eigenvalue weighted by molar-refractivity contribution is 0.0600. The highest BCUT2D eigenvalue weighted by Gasteiger charge is 2.04. The van der Waals surface area contributed by atoms with E-state index in [-0.39, 0.29) is 12.1 Å². The van der Waals surface area contributed by atoms with Crippen molar-refractivity contribution in [2.75, 3.05) is 13.7 Å².